The highest BCUT2D eigenvalue weighted by Gasteiger charge is 2.17. The Morgan fingerprint density at radius 1 is 1.05 bits per heavy atom. The fourth-order valence-corrected chi connectivity index (χ4v) is 2.17. The highest BCUT2D eigenvalue weighted by Crippen LogP contribution is 2.31. The van der Waals surface area contributed by atoms with Crippen molar-refractivity contribution in [1.29, 1.82) is 0 Å². The van der Waals surface area contributed by atoms with Crippen molar-refractivity contribution >= 4 is 11.6 Å². The first-order chi connectivity index (χ1) is 10.3. The van der Waals surface area contributed by atoms with Gasteiger partial charge in [-0.3, -0.25) is 4.79 Å². The van der Waals surface area contributed by atoms with E-state index in [1.165, 1.54) is 0 Å². The summed E-state index contributed by atoms with van der Waals surface area (Å²) in [6.07, 6.45) is 0. The fourth-order valence-electron chi connectivity index (χ4n) is 2.17. The van der Waals surface area contributed by atoms with Crippen LogP contribution in [0.4, 0.5) is 5.69 Å². The monoisotopic (exact) mass is 297 g/mol. The summed E-state index contributed by atoms with van der Waals surface area (Å²) in [6, 6.07) is 13.4. The zero-order valence-corrected chi connectivity index (χ0v) is 13.9. The third-order valence-electron chi connectivity index (χ3n) is 3.63. The molecule has 0 saturated carbocycles. The molecule has 0 fully saturated rings. The molecule has 0 atom stereocenters. The lowest BCUT2D eigenvalue weighted by Crippen LogP contribution is -2.15. The number of anilines is 1. The van der Waals surface area contributed by atoms with Crippen LogP contribution in [0.25, 0.3) is 0 Å². The Morgan fingerprint density at radius 3 is 2.23 bits per heavy atom. The van der Waals surface area contributed by atoms with Gasteiger partial charge in [0.05, 0.1) is 12.8 Å². The van der Waals surface area contributed by atoms with E-state index in [2.05, 4.69) is 26.1 Å². The van der Waals surface area contributed by atoms with Gasteiger partial charge in [0.1, 0.15) is 5.75 Å². The van der Waals surface area contributed by atoms with E-state index >= 15 is 0 Å². The summed E-state index contributed by atoms with van der Waals surface area (Å²) in [5.41, 5.74) is 3.61. The molecule has 0 saturated heterocycles. The number of nitrogens with one attached hydrogen (secondary N) is 1. The molecule has 0 bridgehead atoms. The topological polar surface area (TPSA) is 38.3 Å². The first-order valence-corrected chi connectivity index (χ1v) is 7.38. The van der Waals surface area contributed by atoms with Crippen molar-refractivity contribution in [2.24, 2.45) is 0 Å². The number of rotatable bonds is 3. The van der Waals surface area contributed by atoms with E-state index in [1.54, 1.807) is 7.11 Å². The predicted octanol–water partition coefficient (Wildman–Crippen LogP) is 4.55. The minimum Gasteiger partial charge on any atom is -0.495 e. The first-order valence-electron chi connectivity index (χ1n) is 7.38. The molecule has 0 aliphatic carbocycles. The highest BCUT2D eigenvalue weighted by molar-refractivity contribution is 6.05. The molecule has 0 spiro atoms. The number of ether oxygens (including phenoxy) is 1. The van der Waals surface area contributed by atoms with Crippen LogP contribution in [0.2, 0.25) is 0 Å². The Balaban J connectivity index is 2.31. The summed E-state index contributed by atoms with van der Waals surface area (Å²) in [7, 11) is 1.60. The minimum absolute atomic E-state index is 0.00953. The van der Waals surface area contributed by atoms with E-state index in [1.807, 2.05) is 49.4 Å². The molecule has 1 amide bonds. The number of aryl methyl sites for hydroxylation is 1. The number of methoxy groups -OCH3 is 1. The van der Waals surface area contributed by atoms with Crippen molar-refractivity contribution in [2.45, 2.75) is 33.1 Å². The van der Waals surface area contributed by atoms with Crippen molar-refractivity contribution < 1.29 is 9.53 Å². The van der Waals surface area contributed by atoms with E-state index in [9.17, 15) is 4.79 Å². The predicted molar refractivity (Wildman–Crippen MR) is 90.8 cm³/mol. The lowest BCUT2D eigenvalue weighted by atomic mass is 9.87. The molecule has 3 nitrogen and oxygen atoms in total. The molecule has 0 unspecified atom stereocenters. The maximum absolute atomic E-state index is 12.4. The molecule has 0 aliphatic heterocycles. The Morgan fingerprint density at radius 2 is 1.68 bits per heavy atom. The van der Waals surface area contributed by atoms with Crippen molar-refractivity contribution in [3.63, 3.8) is 0 Å². The van der Waals surface area contributed by atoms with Gasteiger partial charge in [-0.25, -0.2) is 0 Å². The van der Waals surface area contributed by atoms with Gasteiger partial charge >= 0.3 is 0 Å². The smallest absolute Gasteiger partial charge is 0.255 e. The molecule has 0 heterocycles. The van der Waals surface area contributed by atoms with Gasteiger partial charge in [0, 0.05) is 5.56 Å². The van der Waals surface area contributed by atoms with Crippen LogP contribution >= 0.6 is 0 Å². The standard InChI is InChI=1S/C19H23NO2/c1-13-6-8-14(9-7-13)18(21)20-16-12-15(19(2,3)4)10-11-17(16)22-5/h6-12H,1-5H3,(H,20,21). The second-order valence-corrected chi connectivity index (χ2v) is 6.49. The summed E-state index contributed by atoms with van der Waals surface area (Å²) in [6.45, 7) is 8.42. The lowest BCUT2D eigenvalue weighted by molar-refractivity contribution is 0.102. The van der Waals surface area contributed by atoms with Crippen molar-refractivity contribution in [3.05, 3.63) is 59.2 Å². The molecular weight excluding hydrogens is 274 g/mol. The lowest BCUT2D eigenvalue weighted by Gasteiger charge is -2.21. The normalized spacial score (nSPS) is 11.1. The average Bonchev–Trinajstić information content (AvgIpc) is 2.46. The minimum atomic E-state index is -0.135. The Bertz CT molecular complexity index is 667. The van der Waals surface area contributed by atoms with Crippen molar-refractivity contribution in [2.75, 3.05) is 12.4 Å². The molecule has 0 radical (unpaired) electrons. The zero-order valence-electron chi connectivity index (χ0n) is 13.9. The van der Waals surface area contributed by atoms with Crippen LogP contribution in [-0.2, 0) is 5.41 Å². The molecule has 0 aliphatic rings. The number of carbonyl (C=O) groups is 1. The highest BCUT2D eigenvalue weighted by atomic mass is 16.5. The van der Waals surface area contributed by atoms with Crippen LogP contribution in [0, 0.1) is 6.92 Å². The Kier molecular flexibility index (Phi) is 4.55. The number of carbonyl (C=O) groups excluding carboxylic acids is 1. The van der Waals surface area contributed by atoms with Gasteiger partial charge in [-0.05, 0) is 42.2 Å². The summed E-state index contributed by atoms with van der Waals surface area (Å²) in [4.78, 5) is 12.4. The third-order valence-corrected chi connectivity index (χ3v) is 3.63. The van der Waals surface area contributed by atoms with Gasteiger partial charge in [0.25, 0.3) is 5.91 Å². The molecule has 22 heavy (non-hydrogen) atoms. The van der Waals surface area contributed by atoms with Gasteiger partial charge in [0.15, 0.2) is 0 Å². The maximum atomic E-state index is 12.4. The number of amides is 1. The molecule has 0 aromatic heterocycles. The van der Waals surface area contributed by atoms with Crippen LogP contribution in [0.5, 0.6) is 5.75 Å². The molecule has 1 N–H and O–H groups in total. The van der Waals surface area contributed by atoms with Gasteiger partial charge in [-0.2, -0.15) is 0 Å². The van der Waals surface area contributed by atoms with Crippen molar-refractivity contribution in [3.8, 4) is 5.75 Å². The number of hydrogen-bond acceptors (Lipinski definition) is 2. The van der Waals surface area contributed by atoms with E-state index in [-0.39, 0.29) is 11.3 Å². The van der Waals surface area contributed by atoms with E-state index in [0.717, 1.165) is 11.1 Å². The van der Waals surface area contributed by atoms with E-state index < -0.39 is 0 Å². The number of benzene rings is 2. The molecule has 2 rings (SSSR count). The largest absolute Gasteiger partial charge is 0.495 e. The van der Waals surface area contributed by atoms with Crippen LogP contribution < -0.4 is 10.1 Å². The average molecular weight is 297 g/mol. The second-order valence-electron chi connectivity index (χ2n) is 6.49. The SMILES string of the molecule is COc1ccc(C(C)(C)C)cc1NC(=O)c1ccc(C)cc1. The van der Waals surface area contributed by atoms with Crippen LogP contribution in [0.15, 0.2) is 42.5 Å². The second kappa shape index (κ2) is 6.22. The van der Waals surface area contributed by atoms with Crippen molar-refractivity contribution in [1.82, 2.24) is 0 Å². The summed E-state index contributed by atoms with van der Waals surface area (Å²) >= 11 is 0. The van der Waals surface area contributed by atoms with Gasteiger partial charge in [-0.1, -0.05) is 44.5 Å². The summed E-state index contributed by atoms with van der Waals surface area (Å²) in [5.74, 6) is 0.526. The molecule has 116 valence electrons. The van der Waals surface area contributed by atoms with E-state index in [4.69, 9.17) is 4.74 Å². The van der Waals surface area contributed by atoms with Crippen LogP contribution in [0.1, 0.15) is 42.3 Å². The summed E-state index contributed by atoms with van der Waals surface area (Å²) < 4.78 is 5.35. The first kappa shape index (κ1) is 16.1. The van der Waals surface area contributed by atoms with Gasteiger partial charge < -0.3 is 10.1 Å². The van der Waals surface area contributed by atoms with Gasteiger partial charge in [-0.15, -0.1) is 0 Å². The Hall–Kier alpha value is -2.29. The number of hydrogen-bond donors (Lipinski definition) is 1. The van der Waals surface area contributed by atoms with Crippen LogP contribution in [0.3, 0.4) is 0 Å². The summed E-state index contributed by atoms with van der Waals surface area (Å²) in [5, 5.41) is 2.95. The third kappa shape index (κ3) is 3.67. The molecule has 2 aromatic carbocycles. The maximum Gasteiger partial charge on any atom is 0.255 e. The fraction of sp³-hybridized carbons (Fsp3) is 0.316. The Labute approximate surface area is 132 Å². The molecule has 2 aromatic rings. The van der Waals surface area contributed by atoms with Gasteiger partial charge in [0.2, 0.25) is 0 Å². The quantitative estimate of drug-likeness (QED) is 0.902. The molecule has 3 heteroatoms. The van der Waals surface area contributed by atoms with E-state index in [0.29, 0.717) is 17.0 Å². The zero-order chi connectivity index (χ0) is 16.3. The molecular formula is C19H23NO2. The van der Waals surface area contributed by atoms with Crippen LogP contribution in [-0.4, -0.2) is 13.0 Å².